The normalized spacial score (nSPS) is 15.0. The molecule has 1 fully saturated rings. The average Bonchev–Trinajstić information content (AvgIpc) is 2.84. The molecule has 0 radical (unpaired) electrons. The SMILES string of the molecule is CC(=O)CCC(=O)N1CCCN(C(=O)CCc2ccccc2)CC1. The Labute approximate surface area is 143 Å². The number of aryl methyl sites for hydroxylation is 1. The summed E-state index contributed by atoms with van der Waals surface area (Å²) in [5.41, 5.74) is 1.17. The highest BCUT2D eigenvalue weighted by Crippen LogP contribution is 2.10. The smallest absolute Gasteiger partial charge is 0.223 e. The molecule has 0 unspecified atom stereocenters. The maximum Gasteiger partial charge on any atom is 0.223 e. The Kier molecular flexibility index (Phi) is 6.97. The molecule has 2 rings (SSSR count). The third-order valence-corrected chi connectivity index (χ3v) is 4.36. The van der Waals surface area contributed by atoms with Gasteiger partial charge in [-0.25, -0.2) is 0 Å². The van der Waals surface area contributed by atoms with E-state index in [1.807, 2.05) is 35.2 Å². The summed E-state index contributed by atoms with van der Waals surface area (Å²) in [6.45, 7) is 4.01. The molecule has 5 heteroatoms. The van der Waals surface area contributed by atoms with Crippen molar-refractivity contribution in [1.82, 2.24) is 9.80 Å². The van der Waals surface area contributed by atoms with Crippen LogP contribution < -0.4 is 0 Å². The third-order valence-electron chi connectivity index (χ3n) is 4.36. The Balaban J connectivity index is 1.78. The Hall–Kier alpha value is -2.17. The summed E-state index contributed by atoms with van der Waals surface area (Å²) in [6, 6.07) is 10.0. The molecule has 0 bridgehead atoms. The monoisotopic (exact) mass is 330 g/mol. The Morgan fingerprint density at radius 1 is 0.833 bits per heavy atom. The van der Waals surface area contributed by atoms with Gasteiger partial charge in [0.15, 0.2) is 0 Å². The molecule has 1 aliphatic heterocycles. The van der Waals surface area contributed by atoms with E-state index in [0.29, 0.717) is 39.0 Å². The Morgan fingerprint density at radius 2 is 1.42 bits per heavy atom. The van der Waals surface area contributed by atoms with Crippen LogP contribution in [0.1, 0.15) is 38.2 Å². The van der Waals surface area contributed by atoms with Crippen molar-refractivity contribution in [3.63, 3.8) is 0 Å². The molecule has 0 atom stereocenters. The average molecular weight is 330 g/mol. The van der Waals surface area contributed by atoms with E-state index >= 15 is 0 Å². The van der Waals surface area contributed by atoms with Crippen molar-refractivity contribution < 1.29 is 14.4 Å². The van der Waals surface area contributed by atoms with Crippen LogP contribution in [0.3, 0.4) is 0 Å². The highest BCUT2D eigenvalue weighted by atomic mass is 16.2. The van der Waals surface area contributed by atoms with Gasteiger partial charge in [-0.15, -0.1) is 0 Å². The number of carbonyl (C=O) groups is 3. The van der Waals surface area contributed by atoms with Crippen LogP contribution in [0.5, 0.6) is 0 Å². The number of benzene rings is 1. The van der Waals surface area contributed by atoms with E-state index in [9.17, 15) is 14.4 Å². The number of ketones is 1. The van der Waals surface area contributed by atoms with Crippen molar-refractivity contribution >= 4 is 17.6 Å². The van der Waals surface area contributed by atoms with Gasteiger partial charge in [0.25, 0.3) is 0 Å². The first-order valence-electron chi connectivity index (χ1n) is 8.65. The van der Waals surface area contributed by atoms with Gasteiger partial charge in [0, 0.05) is 45.4 Å². The fourth-order valence-corrected chi connectivity index (χ4v) is 2.91. The van der Waals surface area contributed by atoms with Gasteiger partial charge >= 0.3 is 0 Å². The molecule has 130 valence electrons. The van der Waals surface area contributed by atoms with Crippen molar-refractivity contribution in [3.8, 4) is 0 Å². The fourth-order valence-electron chi connectivity index (χ4n) is 2.91. The summed E-state index contributed by atoms with van der Waals surface area (Å²) in [5.74, 6) is 0.205. The number of nitrogens with zero attached hydrogens (tertiary/aromatic N) is 2. The van der Waals surface area contributed by atoms with Crippen LogP contribution in [0.15, 0.2) is 30.3 Å². The van der Waals surface area contributed by atoms with Crippen LogP contribution in [-0.2, 0) is 20.8 Å². The van der Waals surface area contributed by atoms with E-state index in [2.05, 4.69) is 0 Å². The maximum absolute atomic E-state index is 12.4. The Bertz CT molecular complexity index is 571. The molecule has 1 aromatic carbocycles. The molecule has 1 aliphatic rings. The Morgan fingerprint density at radius 3 is 2.00 bits per heavy atom. The summed E-state index contributed by atoms with van der Waals surface area (Å²) in [4.78, 5) is 39.2. The lowest BCUT2D eigenvalue weighted by molar-refractivity contribution is -0.134. The molecule has 1 heterocycles. The van der Waals surface area contributed by atoms with Crippen molar-refractivity contribution in [2.75, 3.05) is 26.2 Å². The first-order chi connectivity index (χ1) is 11.6. The first-order valence-corrected chi connectivity index (χ1v) is 8.65. The summed E-state index contributed by atoms with van der Waals surface area (Å²) in [5, 5.41) is 0. The van der Waals surface area contributed by atoms with Gasteiger partial charge in [-0.3, -0.25) is 9.59 Å². The molecule has 0 N–H and O–H groups in total. The zero-order valence-corrected chi connectivity index (χ0v) is 14.4. The largest absolute Gasteiger partial charge is 0.341 e. The lowest BCUT2D eigenvalue weighted by Gasteiger charge is -2.22. The highest BCUT2D eigenvalue weighted by molar-refractivity contribution is 5.83. The van der Waals surface area contributed by atoms with Crippen molar-refractivity contribution in [1.29, 1.82) is 0 Å². The number of amides is 2. The van der Waals surface area contributed by atoms with Crippen LogP contribution in [0.4, 0.5) is 0 Å². The number of hydrogen-bond acceptors (Lipinski definition) is 3. The molecule has 0 aromatic heterocycles. The van der Waals surface area contributed by atoms with E-state index in [0.717, 1.165) is 12.8 Å². The number of hydrogen-bond donors (Lipinski definition) is 0. The number of Topliss-reactive ketones (excluding diaryl/α,β-unsaturated/α-hetero) is 1. The van der Waals surface area contributed by atoms with Crippen LogP contribution >= 0.6 is 0 Å². The molecule has 1 saturated heterocycles. The summed E-state index contributed by atoms with van der Waals surface area (Å²) in [6.07, 6.45) is 2.62. The van der Waals surface area contributed by atoms with Gasteiger partial charge in [-0.1, -0.05) is 30.3 Å². The van der Waals surface area contributed by atoms with Gasteiger partial charge in [-0.2, -0.15) is 0 Å². The molecular weight excluding hydrogens is 304 g/mol. The van der Waals surface area contributed by atoms with Gasteiger partial charge in [0.2, 0.25) is 11.8 Å². The maximum atomic E-state index is 12.4. The van der Waals surface area contributed by atoms with E-state index in [-0.39, 0.29) is 24.0 Å². The summed E-state index contributed by atoms with van der Waals surface area (Å²) >= 11 is 0. The second-order valence-corrected chi connectivity index (χ2v) is 6.30. The van der Waals surface area contributed by atoms with Crippen molar-refractivity contribution in [3.05, 3.63) is 35.9 Å². The van der Waals surface area contributed by atoms with Crippen LogP contribution in [0.2, 0.25) is 0 Å². The standard InChI is InChI=1S/C19H26N2O3/c1-16(22)8-10-18(23)20-12-5-13-21(15-14-20)19(24)11-9-17-6-3-2-4-7-17/h2-4,6-7H,5,8-15H2,1H3. The predicted molar refractivity (Wildman–Crippen MR) is 92.5 cm³/mol. The van der Waals surface area contributed by atoms with E-state index in [1.165, 1.54) is 12.5 Å². The molecule has 0 spiro atoms. The minimum absolute atomic E-state index is 0.0174. The second kappa shape index (κ2) is 9.21. The fraction of sp³-hybridized carbons (Fsp3) is 0.526. The summed E-state index contributed by atoms with van der Waals surface area (Å²) < 4.78 is 0. The molecule has 0 aliphatic carbocycles. The minimum atomic E-state index is 0.0174. The van der Waals surface area contributed by atoms with Crippen molar-refractivity contribution in [2.45, 2.75) is 39.0 Å². The van der Waals surface area contributed by atoms with E-state index in [4.69, 9.17) is 0 Å². The van der Waals surface area contributed by atoms with E-state index < -0.39 is 0 Å². The van der Waals surface area contributed by atoms with Gasteiger partial charge in [0.1, 0.15) is 5.78 Å². The molecule has 5 nitrogen and oxygen atoms in total. The molecular formula is C19H26N2O3. The van der Waals surface area contributed by atoms with Gasteiger partial charge < -0.3 is 14.6 Å². The molecule has 2 amide bonds. The van der Waals surface area contributed by atoms with Crippen molar-refractivity contribution in [2.24, 2.45) is 0 Å². The molecule has 0 saturated carbocycles. The summed E-state index contributed by atoms with van der Waals surface area (Å²) in [7, 11) is 0. The topological polar surface area (TPSA) is 57.7 Å². The lowest BCUT2D eigenvalue weighted by atomic mass is 10.1. The number of rotatable bonds is 6. The quantitative estimate of drug-likeness (QED) is 0.802. The molecule has 24 heavy (non-hydrogen) atoms. The minimum Gasteiger partial charge on any atom is -0.341 e. The highest BCUT2D eigenvalue weighted by Gasteiger charge is 2.21. The van der Waals surface area contributed by atoms with Gasteiger partial charge in [0.05, 0.1) is 0 Å². The van der Waals surface area contributed by atoms with Crippen LogP contribution in [0.25, 0.3) is 0 Å². The lowest BCUT2D eigenvalue weighted by Crippen LogP contribution is -2.37. The zero-order chi connectivity index (χ0) is 17.4. The predicted octanol–water partition coefficient (Wildman–Crippen LogP) is 2.05. The third kappa shape index (κ3) is 5.80. The van der Waals surface area contributed by atoms with Crippen LogP contribution in [-0.4, -0.2) is 53.6 Å². The number of carbonyl (C=O) groups excluding carboxylic acids is 3. The van der Waals surface area contributed by atoms with Crippen LogP contribution in [0, 0.1) is 0 Å². The molecule has 1 aromatic rings. The van der Waals surface area contributed by atoms with E-state index in [1.54, 1.807) is 4.90 Å². The second-order valence-electron chi connectivity index (χ2n) is 6.30. The van der Waals surface area contributed by atoms with Gasteiger partial charge in [-0.05, 0) is 25.3 Å². The zero-order valence-electron chi connectivity index (χ0n) is 14.4. The first kappa shape index (κ1) is 18.2.